The Morgan fingerprint density at radius 2 is 2.24 bits per heavy atom. The van der Waals surface area contributed by atoms with Crippen molar-refractivity contribution in [3.8, 4) is 11.4 Å². The monoisotopic (exact) mass is 227 g/mol. The Labute approximate surface area is 98.1 Å². The Balaban J connectivity index is 2.13. The second kappa shape index (κ2) is 4.03. The van der Waals surface area contributed by atoms with Crippen molar-refractivity contribution in [2.24, 2.45) is 5.73 Å². The zero-order valence-electron chi connectivity index (χ0n) is 9.27. The van der Waals surface area contributed by atoms with E-state index >= 15 is 0 Å². The van der Waals surface area contributed by atoms with Gasteiger partial charge in [0.15, 0.2) is 5.82 Å². The largest absolute Gasteiger partial charge is 0.361 e. The number of hydrogen-bond acceptors (Lipinski definition) is 3. The van der Waals surface area contributed by atoms with Crippen molar-refractivity contribution < 1.29 is 0 Å². The molecule has 3 rings (SSSR count). The number of fused-ring (bicyclic) bond motifs is 1. The van der Waals surface area contributed by atoms with Crippen LogP contribution in [0.3, 0.4) is 0 Å². The number of benzene rings is 1. The Bertz CT molecular complexity index is 623. The van der Waals surface area contributed by atoms with Crippen molar-refractivity contribution in [1.82, 2.24) is 20.2 Å². The number of rotatable bonds is 3. The lowest BCUT2D eigenvalue weighted by Crippen LogP contribution is -2.01. The molecule has 0 aliphatic carbocycles. The predicted molar refractivity (Wildman–Crippen MR) is 66.4 cm³/mol. The van der Waals surface area contributed by atoms with Gasteiger partial charge in [0.2, 0.25) is 0 Å². The second-order valence-corrected chi connectivity index (χ2v) is 3.95. The van der Waals surface area contributed by atoms with Crippen LogP contribution in [0.1, 0.15) is 5.56 Å². The van der Waals surface area contributed by atoms with Gasteiger partial charge in [-0.05, 0) is 36.7 Å². The van der Waals surface area contributed by atoms with E-state index in [1.165, 1.54) is 17.3 Å². The van der Waals surface area contributed by atoms with Crippen LogP contribution in [0.15, 0.2) is 30.7 Å². The van der Waals surface area contributed by atoms with Gasteiger partial charge < -0.3 is 10.7 Å². The maximum Gasteiger partial charge on any atom is 0.155 e. The van der Waals surface area contributed by atoms with Crippen molar-refractivity contribution in [3.63, 3.8) is 0 Å². The molecular weight excluding hydrogens is 214 g/mol. The van der Waals surface area contributed by atoms with Gasteiger partial charge in [-0.3, -0.25) is 5.10 Å². The summed E-state index contributed by atoms with van der Waals surface area (Å²) in [6.45, 7) is 0.652. The van der Waals surface area contributed by atoms with Gasteiger partial charge in [-0.1, -0.05) is 0 Å². The van der Waals surface area contributed by atoms with Gasteiger partial charge in [0, 0.05) is 22.7 Å². The highest BCUT2D eigenvalue weighted by molar-refractivity contribution is 5.87. The third kappa shape index (κ3) is 1.70. The number of nitrogens with two attached hydrogens (primary N) is 1. The first-order chi connectivity index (χ1) is 8.38. The highest BCUT2D eigenvalue weighted by atomic mass is 15.2. The summed E-state index contributed by atoms with van der Waals surface area (Å²) in [5, 5.41) is 7.93. The predicted octanol–water partition coefficient (Wildman–Crippen LogP) is 1.45. The van der Waals surface area contributed by atoms with Gasteiger partial charge in [-0.2, -0.15) is 5.10 Å². The van der Waals surface area contributed by atoms with Crippen LogP contribution in [-0.4, -0.2) is 26.7 Å². The summed E-state index contributed by atoms with van der Waals surface area (Å²) in [6.07, 6.45) is 4.40. The number of aromatic nitrogens is 4. The highest BCUT2D eigenvalue weighted by Crippen LogP contribution is 2.24. The Morgan fingerprint density at radius 1 is 1.29 bits per heavy atom. The van der Waals surface area contributed by atoms with Gasteiger partial charge in [0.25, 0.3) is 0 Å². The lowest BCUT2D eigenvalue weighted by molar-refractivity contribution is 0.976. The van der Waals surface area contributed by atoms with Gasteiger partial charge >= 0.3 is 0 Å². The molecule has 0 saturated heterocycles. The van der Waals surface area contributed by atoms with Crippen molar-refractivity contribution in [1.29, 1.82) is 0 Å². The molecule has 0 aliphatic heterocycles. The molecule has 0 radical (unpaired) electrons. The van der Waals surface area contributed by atoms with E-state index in [-0.39, 0.29) is 0 Å². The molecule has 2 aromatic heterocycles. The van der Waals surface area contributed by atoms with Crippen LogP contribution in [0.5, 0.6) is 0 Å². The molecule has 2 heterocycles. The molecule has 0 saturated carbocycles. The molecule has 0 atom stereocenters. The van der Waals surface area contributed by atoms with E-state index in [0.29, 0.717) is 6.54 Å². The average molecular weight is 227 g/mol. The number of H-pyrrole nitrogens is 2. The second-order valence-electron chi connectivity index (χ2n) is 3.95. The summed E-state index contributed by atoms with van der Waals surface area (Å²) in [5.74, 6) is 0.784. The Hall–Kier alpha value is -2.14. The topological polar surface area (TPSA) is 83.4 Å². The molecule has 0 unspecified atom stereocenters. The van der Waals surface area contributed by atoms with E-state index in [1.54, 1.807) is 0 Å². The molecule has 0 fully saturated rings. The first-order valence-electron chi connectivity index (χ1n) is 5.54. The number of hydrogen-bond donors (Lipinski definition) is 3. The van der Waals surface area contributed by atoms with E-state index in [1.807, 2.05) is 18.3 Å². The number of nitrogens with one attached hydrogen (secondary N) is 2. The molecule has 17 heavy (non-hydrogen) atoms. The SMILES string of the molecule is NCCc1c[nH]c2ccc(-c3ncn[nH]3)cc12. The molecule has 0 aliphatic rings. The first-order valence-corrected chi connectivity index (χ1v) is 5.54. The van der Waals surface area contributed by atoms with E-state index in [9.17, 15) is 0 Å². The Kier molecular flexibility index (Phi) is 2.38. The van der Waals surface area contributed by atoms with Crippen LogP contribution in [0.25, 0.3) is 22.3 Å². The first kappa shape index (κ1) is 10.0. The minimum atomic E-state index is 0.652. The Morgan fingerprint density at radius 3 is 3.00 bits per heavy atom. The van der Waals surface area contributed by atoms with Gasteiger partial charge in [0.05, 0.1) is 0 Å². The normalized spacial score (nSPS) is 11.1. The summed E-state index contributed by atoms with van der Waals surface area (Å²) in [5.41, 5.74) is 9.00. The molecule has 4 N–H and O–H groups in total. The maximum atomic E-state index is 5.60. The fourth-order valence-electron chi connectivity index (χ4n) is 2.03. The van der Waals surface area contributed by atoms with Crippen LogP contribution < -0.4 is 5.73 Å². The summed E-state index contributed by atoms with van der Waals surface area (Å²) >= 11 is 0. The molecule has 0 bridgehead atoms. The fraction of sp³-hybridized carbons (Fsp3) is 0.167. The zero-order valence-corrected chi connectivity index (χ0v) is 9.27. The maximum absolute atomic E-state index is 5.60. The smallest absolute Gasteiger partial charge is 0.155 e. The highest BCUT2D eigenvalue weighted by Gasteiger charge is 2.06. The van der Waals surface area contributed by atoms with Crippen molar-refractivity contribution in [3.05, 3.63) is 36.3 Å². The number of nitrogens with zero attached hydrogens (tertiary/aromatic N) is 2. The molecule has 3 aromatic rings. The summed E-state index contributed by atoms with van der Waals surface area (Å²) in [7, 11) is 0. The third-order valence-corrected chi connectivity index (χ3v) is 2.87. The molecule has 86 valence electrons. The van der Waals surface area contributed by atoms with Crippen molar-refractivity contribution >= 4 is 10.9 Å². The molecule has 1 aromatic carbocycles. The van der Waals surface area contributed by atoms with Gasteiger partial charge in [0.1, 0.15) is 6.33 Å². The quantitative estimate of drug-likeness (QED) is 0.633. The molecule has 0 amide bonds. The van der Waals surface area contributed by atoms with Crippen LogP contribution >= 0.6 is 0 Å². The van der Waals surface area contributed by atoms with E-state index in [0.717, 1.165) is 23.3 Å². The number of aromatic amines is 2. The lowest BCUT2D eigenvalue weighted by atomic mass is 10.1. The van der Waals surface area contributed by atoms with E-state index < -0.39 is 0 Å². The van der Waals surface area contributed by atoms with Crippen LogP contribution in [0.2, 0.25) is 0 Å². The standard InChI is InChI=1S/C12H13N5/c13-4-3-9-6-14-11-2-1-8(5-10(9)11)12-15-7-16-17-12/h1-2,5-7,14H,3-4,13H2,(H,15,16,17). The van der Waals surface area contributed by atoms with E-state index in [4.69, 9.17) is 5.73 Å². The summed E-state index contributed by atoms with van der Waals surface area (Å²) < 4.78 is 0. The summed E-state index contributed by atoms with van der Waals surface area (Å²) in [6, 6.07) is 6.18. The lowest BCUT2D eigenvalue weighted by Gasteiger charge is -1.99. The zero-order chi connectivity index (χ0) is 11.7. The average Bonchev–Trinajstić information content (AvgIpc) is 2.98. The van der Waals surface area contributed by atoms with Gasteiger partial charge in [-0.15, -0.1) is 0 Å². The fourth-order valence-corrected chi connectivity index (χ4v) is 2.03. The molecule has 0 spiro atoms. The van der Waals surface area contributed by atoms with Crippen molar-refractivity contribution in [2.75, 3.05) is 6.54 Å². The van der Waals surface area contributed by atoms with E-state index in [2.05, 4.69) is 26.2 Å². The van der Waals surface area contributed by atoms with Crippen molar-refractivity contribution in [2.45, 2.75) is 6.42 Å². The molecule has 5 heteroatoms. The van der Waals surface area contributed by atoms with Crippen LogP contribution in [0, 0.1) is 0 Å². The molecular formula is C12H13N5. The van der Waals surface area contributed by atoms with Gasteiger partial charge in [-0.25, -0.2) is 4.98 Å². The minimum Gasteiger partial charge on any atom is -0.361 e. The van der Waals surface area contributed by atoms with Crippen LogP contribution in [0.4, 0.5) is 0 Å². The summed E-state index contributed by atoms with van der Waals surface area (Å²) in [4.78, 5) is 7.40. The third-order valence-electron chi connectivity index (χ3n) is 2.87. The van der Waals surface area contributed by atoms with Crippen LogP contribution in [-0.2, 0) is 6.42 Å². The molecule has 5 nitrogen and oxygen atoms in total. The minimum absolute atomic E-state index is 0.652.